The zero-order valence-electron chi connectivity index (χ0n) is 15.9. The van der Waals surface area contributed by atoms with E-state index in [9.17, 15) is 14.4 Å². The van der Waals surface area contributed by atoms with E-state index in [0.29, 0.717) is 16.1 Å². The number of benzene rings is 3. The molecule has 0 radical (unpaired) electrons. The first-order valence-corrected chi connectivity index (χ1v) is 9.63. The minimum atomic E-state index is -0.611. The van der Waals surface area contributed by atoms with E-state index < -0.39 is 18.5 Å². The maximum absolute atomic E-state index is 12.2. The lowest BCUT2D eigenvalue weighted by molar-refractivity contribution is 0.0474. The maximum atomic E-state index is 12.2. The van der Waals surface area contributed by atoms with Crippen molar-refractivity contribution in [1.82, 2.24) is 0 Å². The van der Waals surface area contributed by atoms with Gasteiger partial charge < -0.3 is 9.47 Å². The number of esters is 2. The van der Waals surface area contributed by atoms with Crippen LogP contribution in [-0.2, 0) is 4.74 Å². The van der Waals surface area contributed by atoms with Crippen molar-refractivity contribution in [2.75, 3.05) is 6.61 Å². The number of ketones is 1. The van der Waals surface area contributed by atoms with Gasteiger partial charge >= 0.3 is 11.9 Å². The van der Waals surface area contributed by atoms with E-state index in [-0.39, 0.29) is 22.1 Å². The van der Waals surface area contributed by atoms with Crippen LogP contribution in [0.5, 0.6) is 5.75 Å². The van der Waals surface area contributed by atoms with Crippen LogP contribution in [0.2, 0.25) is 10.0 Å². The summed E-state index contributed by atoms with van der Waals surface area (Å²) in [6.07, 6.45) is 0. The first kappa shape index (κ1) is 21.6. The molecule has 0 spiro atoms. The Morgan fingerprint density at radius 1 is 0.733 bits per heavy atom. The molecule has 0 N–H and O–H groups in total. The molecule has 0 saturated heterocycles. The first-order valence-electron chi connectivity index (χ1n) is 8.88. The number of aryl methyl sites for hydroxylation is 1. The first-order chi connectivity index (χ1) is 14.3. The van der Waals surface area contributed by atoms with Crippen molar-refractivity contribution < 1.29 is 23.9 Å². The summed E-state index contributed by atoms with van der Waals surface area (Å²) in [7, 11) is 0. The lowest BCUT2D eigenvalue weighted by Crippen LogP contribution is -2.14. The second kappa shape index (κ2) is 9.57. The number of halogens is 2. The molecule has 3 aromatic carbocycles. The summed E-state index contributed by atoms with van der Waals surface area (Å²) < 4.78 is 10.3. The van der Waals surface area contributed by atoms with Gasteiger partial charge in [-0.1, -0.05) is 40.9 Å². The summed E-state index contributed by atoms with van der Waals surface area (Å²) >= 11 is 11.7. The predicted octanol–water partition coefficient (Wildman–Crippen LogP) is 5.56. The molecule has 0 fully saturated rings. The minimum Gasteiger partial charge on any atom is -0.454 e. The number of rotatable bonds is 6. The Balaban J connectivity index is 1.57. The SMILES string of the molecule is Cc1ccc(C(=O)OCC(=O)c2ccc(OC(=O)c3ccc(Cl)c(Cl)c3)cc2)cc1. The molecule has 5 nitrogen and oxygen atoms in total. The monoisotopic (exact) mass is 442 g/mol. The van der Waals surface area contributed by atoms with Gasteiger partial charge in [0.05, 0.1) is 21.2 Å². The molecule has 3 aromatic rings. The third-order valence-electron chi connectivity index (χ3n) is 4.16. The van der Waals surface area contributed by atoms with Crippen LogP contribution >= 0.6 is 23.2 Å². The van der Waals surface area contributed by atoms with Crippen LogP contribution in [0.3, 0.4) is 0 Å². The fourth-order valence-electron chi connectivity index (χ4n) is 2.49. The Kier molecular flexibility index (Phi) is 6.87. The highest BCUT2D eigenvalue weighted by Gasteiger charge is 2.14. The molecule has 30 heavy (non-hydrogen) atoms. The highest BCUT2D eigenvalue weighted by molar-refractivity contribution is 6.42. The Morgan fingerprint density at radius 3 is 1.97 bits per heavy atom. The topological polar surface area (TPSA) is 69.7 Å². The maximum Gasteiger partial charge on any atom is 0.343 e. The predicted molar refractivity (Wildman–Crippen MR) is 114 cm³/mol. The standard InChI is InChI=1S/C23H16Cl2O5/c1-14-2-4-16(5-3-14)22(27)29-13-21(26)15-6-9-18(10-7-15)30-23(28)17-8-11-19(24)20(25)12-17/h2-12H,13H2,1H3. The van der Waals surface area contributed by atoms with Crippen LogP contribution in [0.25, 0.3) is 0 Å². The van der Waals surface area contributed by atoms with Crippen molar-refractivity contribution in [2.24, 2.45) is 0 Å². The molecular weight excluding hydrogens is 427 g/mol. The van der Waals surface area contributed by atoms with Gasteiger partial charge in [-0.3, -0.25) is 4.79 Å². The number of hydrogen-bond donors (Lipinski definition) is 0. The lowest BCUT2D eigenvalue weighted by Gasteiger charge is -2.07. The quantitative estimate of drug-likeness (QED) is 0.283. The molecule has 0 aliphatic heterocycles. The largest absolute Gasteiger partial charge is 0.454 e. The number of ether oxygens (including phenoxy) is 2. The number of carbonyl (C=O) groups excluding carboxylic acids is 3. The highest BCUT2D eigenvalue weighted by atomic mass is 35.5. The summed E-state index contributed by atoms with van der Waals surface area (Å²) in [6, 6.07) is 17.2. The zero-order chi connectivity index (χ0) is 21.7. The van der Waals surface area contributed by atoms with E-state index in [1.165, 1.54) is 42.5 Å². The lowest BCUT2D eigenvalue weighted by atomic mass is 10.1. The van der Waals surface area contributed by atoms with E-state index in [0.717, 1.165) is 5.56 Å². The molecule has 0 atom stereocenters. The summed E-state index contributed by atoms with van der Waals surface area (Å²) in [5.41, 5.74) is 1.95. The molecule has 7 heteroatoms. The number of Topliss-reactive ketones (excluding diaryl/α,β-unsaturated/α-hetero) is 1. The number of carbonyl (C=O) groups is 3. The number of hydrogen-bond acceptors (Lipinski definition) is 5. The van der Waals surface area contributed by atoms with Gasteiger partial charge in [0, 0.05) is 5.56 Å². The van der Waals surface area contributed by atoms with Crippen LogP contribution in [0, 0.1) is 6.92 Å². The van der Waals surface area contributed by atoms with Crippen molar-refractivity contribution in [2.45, 2.75) is 6.92 Å². The van der Waals surface area contributed by atoms with Crippen LogP contribution < -0.4 is 4.74 Å². The van der Waals surface area contributed by atoms with Crippen molar-refractivity contribution in [1.29, 1.82) is 0 Å². The van der Waals surface area contributed by atoms with Crippen LogP contribution in [0.4, 0.5) is 0 Å². The molecule has 0 heterocycles. The van der Waals surface area contributed by atoms with E-state index in [4.69, 9.17) is 32.7 Å². The minimum absolute atomic E-state index is 0.243. The Hall–Kier alpha value is -3.15. The van der Waals surface area contributed by atoms with Crippen LogP contribution in [-0.4, -0.2) is 24.3 Å². The fraction of sp³-hybridized carbons (Fsp3) is 0.0870. The van der Waals surface area contributed by atoms with E-state index in [1.807, 2.05) is 6.92 Å². The van der Waals surface area contributed by atoms with Gasteiger partial charge in [-0.2, -0.15) is 0 Å². The average Bonchev–Trinajstić information content (AvgIpc) is 2.74. The van der Waals surface area contributed by atoms with Crippen molar-refractivity contribution in [3.8, 4) is 5.75 Å². The van der Waals surface area contributed by atoms with Crippen molar-refractivity contribution >= 4 is 40.9 Å². The smallest absolute Gasteiger partial charge is 0.343 e. The van der Waals surface area contributed by atoms with Gasteiger partial charge in [0.15, 0.2) is 12.4 Å². The molecule has 0 bridgehead atoms. The summed E-state index contributed by atoms with van der Waals surface area (Å²) in [6.45, 7) is 1.51. The highest BCUT2D eigenvalue weighted by Crippen LogP contribution is 2.23. The normalized spacial score (nSPS) is 10.4. The molecule has 152 valence electrons. The van der Waals surface area contributed by atoms with Crippen molar-refractivity contribution in [3.05, 3.63) is 99.0 Å². The molecule has 0 aromatic heterocycles. The fourth-order valence-corrected chi connectivity index (χ4v) is 2.78. The van der Waals surface area contributed by atoms with Gasteiger partial charge in [0.2, 0.25) is 0 Å². The Morgan fingerprint density at radius 2 is 1.33 bits per heavy atom. The molecule has 0 aliphatic rings. The third kappa shape index (κ3) is 5.47. The van der Waals surface area contributed by atoms with E-state index in [1.54, 1.807) is 24.3 Å². The molecule has 0 amide bonds. The second-order valence-corrected chi connectivity index (χ2v) is 7.22. The molecule has 3 rings (SSSR count). The third-order valence-corrected chi connectivity index (χ3v) is 4.90. The summed E-state index contributed by atoms with van der Waals surface area (Å²) in [5, 5.41) is 0.575. The van der Waals surface area contributed by atoms with Gasteiger partial charge in [-0.25, -0.2) is 9.59 Å². The average molecular weight is 443 g/mol. The zero-order valence-corrected chi connectivity index (χ0v) is 17.4. The molecular formula is C23H16Cl2O5. The van der Waals surface area contributed by atoms with Gasteiger partial charge in [0.25, 0.3) is 0 Å². The van der Waals surface area contributed by atoms with Crippen LogP contribution in [0.1, 0.15) is 36.6 Å². The Labute approximate surface area is 183 Å². The van der Waals surface area contributed by atoms with Crippen LogP contribution in [0.15, 0.2) is 66.7 Å². The van der Waals surface area contributed by atoms with E-state index >= 15 is 0 Å². The molecule has 0 unspecified atom stereocenters. The molecule has 0 aliphatic carbocycles. The summed E-state index contributed by atoms with van der Waals surface area (Å²) in [4.78, 5) is 36.4. The van der Waals surface area contributed by atoms with Gasteiger partial charge in [0.1, 0.15) is 5.75 Å². The van der Waals surface area contributed by atoms with Crippen molar-refractivity contribution in [3.63, 3.8) is 0 Å². The second-order valence-electron chi connectivity index (χ2n) is 6.41. The van der Waals surface area contributed by atoms with Gasteiger partial charge in [-0.15, -0.1) is 0 Å². The van der Waals surface area contributed by atoms with Gasteiger partial charge in [-0.05, 0) is 61.5 Å². The summed E-state index contributed by atoms with van der Waals surface area (Å²) in [5.74, 6) is -1.31. The van der Waals surface area contributed by atoms with E-state index in [2.05, 4.69) is 0 Å². The Bertz CT molecular complexity index is 1090. The molecule has 0 saturated carbocycles.